The third kappa shape index (κ3) is 3.86. The smallest absolute Gasteiger partial charge is 0.247 e. The first-order valence-electron chi connectivity index (χ1n) is 10.3. The summed E-state index contributed by atoms with van der Waals surface area (Å²) in [6, 6.07) is 11.0. The molecular weight excluding hydrogens is 378 g/mol. The SMILES string of the molecule is CN1CCC(Cn2cc(Nc3nc4c(-c5ccc(O)cc5)cccn4n3)cn2)CC1. The van der Waals surface area contributed by atoms with Gasteiger partial charge in [0.15, 0.2) is 5.65 Å². The van der Waals surface area contributed by atoms with Crippen molar-refractivity contribution in [2.24, 2.45) is 5.92 Å². The molecule has 0 aliphatic carbocycles. The molecule has 0 radical (unpaired) electrons. The van der Waals surface area contributed by atoms with Gasteiger partial charge in [-0.1, -0.05) is 12.1 Å². The molecule has 0 amide bonds. The lowest BCUT2D eigenvalue weighted by Crippen LogP contribution is -2.31. The highest BCUT2D eigenvalue weighted by Crippen LogP contribution is 2.26. The van der Waals surface area contributed by atoms with Crippen molar-refractivity contribution in [2.75, 3.05) is 25.5 Å². The lowest BCUT2D eigenvalue weighted by atomic mass is 9.97. The second kappa shape index (κ2) is 7.79. The first-order chi connectivity index (χ1) is 14.6. The summed E-state index contributed by atoms with van der Waals surface area (Å²) in [4.78, 5) is 7.06. The van der Waals surface area contributed by atoms with Crippen LogP contribution in [0.3, 0.4) is 0 Å². The van der Waals surface area contributed by atoms with E-state index in [0.29, 0.717) is 11.9 Å². The summed E-state index contributed by atoms with van der Waals surface area (Å²) >= 11 is 0. The Morgan fingerprint density at radius 1 is 1.13 bits per heavy atom. The molecular formula is C22H25N7O. The van der Waals surface area contributed by atoms with Crippen LogP contribution in [0.25, 0.3) is 16.8 Å². The molecule has 30 heavy (non-hydrogen) atoms. The van der Waals surface area contributed by atoms with Crippen molar-refractivity contribution >= 4 is 17.3 Å². The van der Waals surface area contributed by atoms with E-state index in [1.165, 1.54) is 12.8 Å². The summed E-state index contributed by atoms with van der Waals surface area (Å²) in [7, 11) is 2.18. The lowest BCUT2D eigenvalue weighted by molar-refractivity contribution is 0.201. The topological polar surface area (TPSA) is 83.5 Å². The molecule has 1 aromatic carbocycles. The number of nitrogens with zero attached hydrogens (tertiary/aromatic N) is 6. The van der Waals surface area contributed by atoms with Gasteiger partial charge in [-0.2, -0.15) is 10.1 Å². The molecule has 1 aliphatic rings. The van der Waals surface area contributed by atoms with E-state index in [0.717, 1.165) is 42.1 Å². The van der Waals surface area contributed by atoms with Crippen LogP contribution in [-0.4, -0.2) is 54.5 Å². The molecule has 0 unspecified atom stereocenters. The van der Waals surface area contributed by atoms with E-state index in [-0.39, 0.29) is 5.75 Å². The van der Waals surface area contributed by atoms with Crippen LogP contribution in [0.1, 0.15) is 12.8 Å². The van der Waals surface area contributed by atoms with Crippen LogP contribution in [0.4, 0.5) is 11.6 Å². The van der Waals surface area contributed by atoms with Gasteiger partial charge >= 0.3 is 0 Å². The minimum Gasteiger partial charge on any atom is -0.508 e. The van der Waals surface area contributed by atoms with E-state index in [1.807, 2.05) is 47.5 Å². The van der Waals surface area contributed by atoms with E-state index in [9.17, 15) is 5.11 Å². The first-order valence-corrected chi connectivity index (χ1v) is 10.3. The average Bonchev–Trinajstić information content (AvgIpc) is 3.36. The number of pyridine rings is 1. The number of anilines is 2. The zero-order valence-corrected chi connectivity index (χ0v) is 16.9. The number of likely N-dealkylation sites (tertiary alicyclic amines) is 1. The summed E-state index contributed by atoms with van der Waals surface area (Å²) in [6.45, 7) is 3.26. The Bertz CT molecular complexity index is 1140. The summed E-state index contributed by atoms with van der Waals surface area (Å²) in [5.74, 6) is 1.45. The van der Waals surface area contributed by atoms with E-state index in [4.69, 9.17) is 0 Å². The Kier molecular flexibility index (Phi) is 4.84. The number of rotatable bonds is 5. The molecule has 154 valence electrons. The Labute approximate surface area is 174 Å². The fourth-order valence-corrected chi connectivity index (χ4v) is 3.99. The Balaban J connectivity index is 1.33. The van der Waals surface area contributed by atoms with Crippen molar-refractivity contribution in [1.29, 1.82) is 0 Å². The van der Waals surface area contributed by atoms with Crippen molar-refractivity contribution in [3.63, 3.8) is 0 Å². The van der Waals surface area contributed by atoms with Gasteiger partial charge < -0.3 is 15.3 Å². The highest BCUT2D eigenvalue weighted by atomic mass is 16.3. The Morgan fingerprint density at radius 2 is 1.93 bits per heavy atom. The average molecular weight is 403 g/mol. The number of aromatic hydroxyl groups is 1. The van der Waals surface area contributed by atoms with Crippen LogP contribution in [-0.2, 0) is 6.54 Å². The number of piperidine rings is 1. The van der Waals surface area contributed by atoms with Crippen LogP contribution >= 0.6 is 0 Å². The molecule has 3 aromatic heterocycles. The number of hydrogen-bond donors (Lipinski definition) is 2. The summed E-state index contributed by atoms with van der Waals surface area (Å²) < 4.78 is 3.77. The van der Waals surface area contributed by atoms with Gasteiger partial charge in [-0.15, -0.1) is 5.10 Å². The Hall–Kier alpha value is -3.39. The summed E-state index contributed by atoms with van der Waals surface area (Å²) in [5, 5.41) is 21.9. The number of nitrogens with one attached hydrogen (secondary N) is 1. The number of phenolic OH excluding ortho intramolecular Hbond substituents is 1. The molecule has 8 heteroatoms. The highest BCUT2D eigenvalue weighted by Gasteiger charge is 2.17. The van der Waals surface area contributed by atoms with Crippen LogP contribution in [0.15, 0.2) is 55.0 Å². The maximum Gasteiger partial charge on any atom is 0.247 e. The van der Waals surface area contributed by atoms with Gasteiger partial charge in [-0.3, -0.25) is 4.68 Å². The van der Waals surface area contributed by atoms with Gasteiger partial charge in [-0.25, -0.2) is 4.52 Å². The van der Waals surface area contributed by atoms with Gasteiger partial charge in [0.25, 0.3) is 0 Å². The second-order valence-corrected chi connectivity index (χ2v) is 8.00. The molecule has 2 N–H and O–H groups in total. The van der Waals surface area contributed by atoms with Crippen LogP contribution in [0.5, 0.6) is 5.75 Å². The molecule has 1 saturated heterocycles. The summed E-state index contributed by atoms with van der Waals surface area (Å²) in [5.41, 5.74) is 3.56. The van der Waals surface area contributed by atoms with Gasteiger partial charge in [0, 0.05) is 24.5 Å². The fraction of sp³-hybridized carbons (Fsp3) is 0.318. The molecule has 4 heterocycles. The Morgan fingerprint density at radius 3 is 2.73 bits per heavy atom. The van der Waals surface area contributed by atoms with Gasteiger partial charge in [0.05, 0.1) is 11.9 Å². The minimum atomic E-state index is 0.242. The predicted octanol–water partition coefficient (Wildman–Crippen LogP) is 3.38. The summed E-state index contributed by atoms with van der Waals surface area (Å²) in [6.07, 6.45) is 8.15. The highest BCUT2D eigenvalue weighted by molar-refractivity contribution is 5.78. The van der Waals surface area contributed by atoms with Crippen LogP contribution in [0.2, 0.25) is 0 Å². The molecule has 5 rings (SSSR count). The normalized spacial score (nSPS) is 15.6. The zero-order chi connectivity index (χ0) is 20.5. The van der Waals surface area contributed by atoms with Crippen molar-refractivity contribution in [3.8, 4) is 16.9 Å². The van der Waals surface area contributed by atoms with E-state index >= 15 is 0 Å². The molecule has 1 fully saturated rings. The number of hydrogen-bond acceptors (Lipinski definition) is 6. The molecule has 0 spiro atoms. The quantitative estimate of drug-likeness (QED) is 0.532. The maximum absolute atomic E-state index is 9.55. The van der Waals surface area contributed by atoms with Crippen molar-refractivity contribution in [2.45, 2.75) is 19.4 Å². The molecule has 8 nitrogen and oxygen atoms in total. The molecule has 0 atom stereocenters. The first kappa shape index (κ1) is 18.6. The van der Waals surface area contributed by atoms with Crippen molar-refractivity contribution in [1.82, 2.24) is 29.3 Å². The van der Waals surface area contributed by atoms with E-state index < -0.39 is 0 Å². The lowest BCUT2D eigenvalue weighted by Gasteiger charge is -2.28. The fourth-order valence-electron chi connectivity index (χ4n) is 3.99. The van der Waals surface area contributed by atoms with Gasteiger partial charge in [0.2, 0.25) is 5.95 Å². The molecule has 0 saturated carbocycles. The van der Waals surface area contributed by atoms with Crippen LogP contribution in [0, 0.1) is 5.92 Å². The van der Waals surface area contributed by atoms with E-state index in [1.54, 1.807) is 16.6 Å². The number of benzene rings is 1. The number of fused-ring (bicyclic) bond motifs is 1. The van der Waals surface area contributed by atoms with Crippen LogP contribution < -0.4 is 5.32 Å². The van der Waals surface area contributed by atoms with Crippen molar-refractivity contribution < 1.29 is 5.11 Å². The second-order valence-electron chi connectivity index (χ2n) is 8.00. The predicted molar refractivity (Wildman–Crippen MR) is 116 cm³/mol. The third-order valence-corrected chi connectivity index (χ3v) is 5.71. The minimum absolute atomic E-state index is 0.242. The molecule has 4 aromatic rings. The van der Waals surface area contributed by atoms with Gasteiger partial charge in [-0.05, 0) is 68.7 Å². The number of aromatic nitrogens is 5. The van der Waals surface area contributed by atoms with E-state index in [2.05, 4.69) is 32.4 Å². The largest absolute Gasteiger partial charge is 0.508 e. The zero-order valence-electron chi connectivity index (χ0n) is 16.9. The molecule has 1 aliphatic heterocycles. The number of phenols is 1. The monoisotopic (exact) mass is 403 g/mol. The van der Waals surface area contributed by atoms with Crippen molar-refractivity contribution in [3.05, 3.63) is 55.0 Å². The standard InChI is InChI=1S/C22H25N7O/c1-27-11-8-16(9-12-27)14-28-15-18(13-23-28)24-22-25-21-20(3-2-10-29(21)26-22)17-4-6-19(30)7-5-17/h2-7,10,13,15-16,30H,8-9,11-12,14H2,1H3,(H,24,26). The maximum atomic E-state index is 9.55. The van der Waals surface area contributed by atoms with Gasteiger partial charge in [0.1, 0.15) is 5.75 Å². The third-order valence-electron chi connectivity index (χ3n) is 5.71. The molecule has 0 bridgehead atoms.